The maximum atomic E-state index is 14.1. The van der Waals surface area contributed by atoms with E-state index in [9.17, 15) is 61.2 Å². The summed E-state index contributed by atoms with van der Waals surface area (Å²) in [5, 5.41) is 27.4. The molecule has 29 nitrogen and oxygen atoms in total. The van der Waals surface area contributed by atoms with Crippen molar-refractivity contribution in [2.45, 2.75) is 162 Å². The van der Waals surface area contributed by atoms with Crippen LogP contribution in [0, 0.1) is 29.1 Å². The first-order chi connectivity index (χ1) is 50.9. The maximum absolute atomic E-state index is 14.1. The summed E-state index contributed by atoms with van der Waals surface area (Å²) in [6.45, 7) is 12.9. The Morgan fingerprint density at radius 3 is 2.24 bits per heavy atom. The quantitative estimate of drug-likeness (QED) is 0.0105. The first kappa shape index (κ1) is 78.5. The number of nitrogens with zero attached hydrogens (tertiary/aromatic N) is 8. The summed E-state index contributed by atoms with van der Waals surface area (Å²) >= 11 is 1.40. The van der Waals surface area contributed by atoms with Gasteiger partial charge in [0.1, 0.15) is 24.5 Å². The van der Waals surface area contributed by atoms with E-state index in [0.29, 0.717) is 98.0 Å². The van der Waals surface area contributed by atoms with Crippen LogP contribution in [0.5, 0.6) is 0 Å². The number of rotatable bonds is 35. The van der Waals surface area contributed by atoms with Crippen molar-refractivity contribution in [3.05, 3.63) is 131 Å². The van der Waals surface area contributed by atoms with Crippen LogP contribution in [-0.4, -0.2) is 177 Å². The monoisotopic (exact) mass is 1510 g/mol. The van der Waals surface area contributed by atoms with Crippen molar-refractivity contribution >= 4 is 102 Å². The molecule has 0 saturated heterocycles. The van der Waals surface area contributed by atoms with Gasteiger partial charge in [0.25, 0.3) is 33.7 Å². The first-order valence-corrected chi connectivity index (χ1v) is 38.9. The molecular formula is C76H96N14O15S2. The number of aromatic carboxylic acids is 1. The molecule has 4 bridgehead atoms. The van der Waals surface area contributed by atoms with E-state index in [2.05, 4.69) is 40.1 Å². The number of nitrogens with one attached hydrogen (secondary N) is 4. The lowest BCUT2D eigenvalue weighted by atomic mass is 9.39. The Morgan fingerprint density at radius 1 is 0.813 bits per heavy atom. The number of alkyl carbamates (subject to hydrolysis) is 1. The molecule has 2 unspecified atom stereocenters. The molecule has 0 radical (unpaired) electrons. The summed E-state index contributed by atoms with van der Waals surface area (Å²) in [5.41, 5.74) is 16.3. The smallest absolute Gasteiger partial charge is 0.407 e. The molecule has 9 amide bonds. The number of carbonyl (C=O) groups is 9. The van der Waals surface area contributed by atoms with E-state index in [1.165, 1.54) is 47.8 Å². The lowest BCUT2D eigenvalue weighted by Crippen LogP contribution is -2.64. The van der Waals surface area contributed by atoms with E-state index in [4.69, 9.17) is 31.0 Å². The zero-order valence-electron chi connectivity index (χ0n) is 61.1. The fraction of sp³-hybridized carbons (Fsp3) is 0.500. The number of carbonyl (C=O) groups excluding carboxylic acids is 8. The maximum Gasteiger partial charge on any atom is 0.407 e. The number of carboxylic acid groups (broad SMARTS) is 1. The highest BCUT2D eigenvalue weighted by molar-refractivity contribution is 7.85. The van der Waals surface area contributed by atoms with Gasteiger partial charge < -0.3 is 46.9 Å². The third-order valence-corrected chi connectivity index (χ3v) is 22.8. The Balaban J connectivity index is 0.659. The van der Waals surface area contributed by atoms with Crippen molar-refractivity contribution in [1.82, 2.24) is 45.5 Å². The van der Waals surface area contributed by atoms with E-state index in [0.717, 1.165) is 75.4 Å². The van der Waals surface area contributed by atoms with Crippen molar-refractivity contribution in [2.75, 3.05) is 73.3 Å². The number of primary amides is 1. The van der Waals surface area contributed by atoms with Gasteiger partial charge in [-0.15, -0.1) is 0 Å². The van der Waals surface area contributed by atoms with Crippen LogP contribution in [0.4, 0.5) is 26.2 Å². The van der Waals surface area contributed by atoms with Gasteiger partial charge in [-0.1, -0.05) is 81.9 Å². The van der Waals surface area contributed by atoms with Crippen molar-refractivity contribution < 1.29 is 70.7 Å². The SMILES string of the molecule is Cc1c(-c2ccc(N3CCc4cccc(C(=O)Nc5nc6ccccc6s5)c4C3)nc2C(=O)O)cnn1CC12CC3(C)CC(C)(C1)CC(OCCN(CCCNC(=O)OCc1ccc(N(C(N)=O)C(=O)[C@H](CCCN)NC(=O)[C@@H](NC(=O)CCCCCN4C(=O)C=CC4=O)C(C)C)cc1)CCS(=O)(=O)O)(C3)C2. The van der Waals surface area contributed by atoms with E-state index < -0.39 is 75.3 Å². The second-order valence-electron chi connectivity index (χ2n) is 30.4. The van der Waals surface area contributed by atoms with Crippen LogP contribution in [0.3, 0.4) is 0 Å². The number of imide groups is 2. The molecule has 4 aliphatic carbocycles. The standard InChI is InChI=1S/C76H96N14O15S2/c1-48(2)64(84-61(91)19-7-6-10-32-88-62(92)26-27-63(88)93)67(95)81-58(17-12-29-77)68(96)90(70(78)99)52-22-20-50(21-23-52)40-104-72(100)79-30-13-31-86(35-37-107(101,102)103)34-36-105-76-44-73(4)41-74(5,45-76)43-75(42-73,46-76)47-89-49(3)55(38-80-89)53-24-25-60(83-65(53)69(97)98)87-33-28-51-14-11-15-54(56(51)39-87)66(94)85-71-82-57-16-8-9-18-59(57)106-71/h8-9,11,14-16,18,20-27,38,48,58,64H,6-7,10,12-13,17,19,28-37,39-47,77H2,1-5H3,(H2,78,99)(H,79,100)(H,81,95)(H,84,91)(H,97,98)(H,82,85,94)(H,101,102,103)/t58-,64-,73?,74?,75?,76?/m0/s1. The summed E-state index contributed by atoms with van der Waals surface area (Å²) in [7, 11) is -4.33. The summed E-state index contributed by atoms with van der Waals surface area (Å²) < 4.78 is 49.5. The second-order valence-corrected chi connectivity index (χ2v) is 33.0. The molecule has 6 aromatic rings. The van der Waals surface area contributed by atoms with Crippen LogP contribution in [0.15, 0.2) is 97.2 Å². The molecule has 31 heteroatoms. The molecule has 107 heavy (non-hydrogen) atoms. The molecule has 572 valence electrons. The highest BCUT2D eigenvalue weighted by Gasteiger charge is 2.66. The number of thiazole rings is 1. The number of pyridine rings is 1. The van der Waals surface area contributed by atoms with E-state index in [1.807, 2.05) is 63.9 Å². The van der Waals surface area contributed by atoms with Crippen molar-refractivity contribution in [3.8, 4) is 11.1 Å². The average molecular weight is 1510 g/mol. The summed E-state index contributed by atoms with van der Waals surface area (Å²) in [6.07, 6.45) is 11.6. The summed E-state index contributed by atoms with van der Waals surface area (Å²) in [4.78, 5) is 133. The number of benzene rings is 3. The van der Waals surface area contributed by atoms with Crippen molar-refractivity contribution in [2.24, 2.45) is 33.6 Å². The normalized spacial score (nSPS) is 20.7. The van der Waals surface area contributed by atoms with Gasteiger partial charge in [-0.3, -0.25) is 53.1 Å². The number of amides is 9. The van der Waals surface area contributed by atoms with E-state index in [1.54, 1.807) is 32.2 Å². The third-order valence-electron chi connectivity index (χ3n) is 21.1. The Morgan fingerprint density at radius 2 is 1.55 bits per heavy atom. The number of hydrogen-bond acceptors (Lipinski definition) is 20. The summed E-state index contributed by atoms with van der Waals surface area (Å²) in [6, 6.07) is 19.5. The second kappa shape index (κ2) is 33.3. The Bertz CT molecular complexity index is 4430. The number of unbranched alkanes of at least 4 members (excludes halogenated alkanes) is 2. The van der Waals surface area contributed by atoms with Crippen LogP contribution < -0.4 is 42.5 Å². The predicted molar refractivity (Wildman–Crippen MR) is 401 cm³/mol. The van der Waals surface area contributed by atoms with Crippen molar-refractivity contribution in [1.29, 1.82) is 0 Å². The van der Waals surface area contributed by atoms with Gasteiger partial charge in [0.15, 0.2) is 10.8 Å². The number of fused-ring (bicyclic) bond motifs is 2. The number of para-hydroxylation sites is 1. The zero-order chi connectivity index (χ0) is 76.6. The molecule has 2 aliphatic heterocycles. The fourth-order valence-corrected chi connectivity index (χ4v) is 18.7. The van der Waals surface area contributed by atoms with Gasteiger partial charge in [-0.25, -0.2) is 29.3 Å². The van der Waals surface area contributed by atoms with Gasteiger partial charge in [0.05, 0.1) is 40.1 Å². The van der Waals surface area contributed by atoms with Gasteiger partial charge in [-0.2, -0.15) is 13.5 Å². The topological polar surface area (TPSA) is 403 Å². The number of urea groups is 1. The Kier molecular flexibility index (Phi) is 24.4. The molecule has 4 fully saturated rings. The third kappa shape index (κ3) is 19.3. The Hall–Kier alpha value is -9.53. The lowest BCUT2D eigenvalue weighted by Gasteiger charge is -2.69. The van der Waals surface area contributed by atoms with Gasteiger partial charge >= 0.3 is 18.1 Å². The average Bonchev–Trinajstić information content (AvgIpc) is 0.800. The minimum Gasteiger partial charge on any atom is -0.476 e. The molecule has 4 atom stereocenters. The number of aromatic nitrogens is 4. The van der Waals surface area contributed by atoms with Crippen LogP contribution in [0.1, 0.15) is 154 Å². The molecule has 5 heterocycles. The Labute approximate surface area is 625 Å². The molecule has 10 N–H and O–H groups in total. The fourth-order valence-electron chi connectivity index (χ4n) is 17.4. The molecule has 4 saturated carbocycles. The first-order valence-electron chi connectivity index (χ1n) is 36.5. The number of nitrogens with two attached hydrogens (primary N) is 2. The van der Waals surface area contributed by atoms with Crippen LogP contribution in [0.25, 0.3) is 21.3 Å². The van der Waals surface area contributed by atoms with Crippen LogP contribution >= 0.6 is 11.3 Å². The molecule has 3 aromatic heterocycles. The minimum atomic E-state index is -4.33. The van der Waals surface area contributed by atoms with Gasteiger partial charge in [0, 0.05) is 86.8 Å². The highest BCUT2D eigenvalue weighted by atomic mass is 32.2. The molecular weight excluding hydrogens is 1410 g/mol. The number of ether oxygens (including phenoxy) is 2. The van der Waals surface area contributed by atoms with Gasteiger partial charge in [-0.05, 0) is 178 Å². The molecule has 0 spiro atoms. The zero-order valence-corrected chi connectivity index (χ0v) is 62.7. The van der Waals surface area contributed by atoms with Crippen LogP contribution in [-0.2, 0) is 69.7 Å². The largest absolute Gasteiger partial charge is 0.476 e. The molecule has 12 rings (SSSR count). The van der Waals surface area contributed by atoms with E-state index in [-0.39, 0.29) is 104 Å². The lowest BCUT2D eigenvalue weighted by molar-refractivity contribution is -0.248. The molecule has 3 aromatic carbocycles. The minimum absolute atomic E-state index is 0.0109. The number of carboxylic acids is 1. The van der Waals surface area contributed by atoms with E-state index >= 15 is 0 Å². The number of anilines is 3. The number of hydrogen-bond donors (Lipinski definition) is 8. The van der Waals surface area contributed by atoms with Crippen molar-refractivity contribution in [3.63, 3.8) is 0 Å². The van der Waals surface area contributed by atoms with Crippen LogP contribution in [0.2, 0.25) is 0 Å². The molecule has 6 aliphatic rings. The predicted octanol–water partition coefficient (Wildman–Crippen LogP) is 8.28. The van der Waals surface area contributed by atoms with Gasteiger partial charge in [0.2, 0.25) is 11.8 Å². The highest BCUT2D eigenvalue weighted by Crippen LogP contribution is 2.72. The summed E-state index contributed by atoms with van der Waals surface area (Å²) in [5.74, 6) is -4.57.